The van der Waals surface area contributed by atoms with Gasteiger partial charge in [-0.3, -0.25) is 0 Å². The van der Waals surface area contributed by atoms with Gasteiger partial charge in [-0.1, -0.05) is 38.5 Å². The lowest BCUT2D eigenvalue weighted by Crippen LogP contribution is -2.31. The fourth-order valence-electron chi connectivity index (χ4n) is 2.82. The van der Waals surface area contributed by atoms with Crippen LogP contribution in [0.1, 0.15) is 56.1 Å². The molecule has 0 saturated heterocycles. The molecule has 1 N–H and O–H groups in total. The number of rotatable bonds is 12. The maximum atomic E-state index is 13.3. The number of aryl methyl sites for hydroxylation is 1. The third-order valence-electron chi connectivity index (χ3n) is 4.50. The molecule has 1 atom stereocenters. The molecular weight excluding hydrogens is 303 g/mol. The van der Waals surface area contributed by atoms with Crippen molar-refractivity contribution >= 4 is 6.29 Å². The Morgan fingerprint density at radius 3 is 2.71 bits per heavy atom. The summed E-state index contributed by atoms with van der Waals surface area (Å²) in [5.41, 5.74) is 1.93. The van der Waals surface area contributed by atoms with Gasteiger partial charge in [-0.05, 0) is 42.9 Å². The number of hydrogen-bond donors (Lipinski definition) is 1. The minimum Gasteiger partial charge on any atom is -0.375 e. The Hall–Kier alpha value is -1.84. The molecule has 0 aliphatic heterocycles. The predicted molar refractivity (Wildman–Crippen MR) is 98.5 cm³/mol. The molecule has 0 amide bonds. The van der Waals surface area contributed by atoms with E-state index in [1.807, 2.05) is 26.1 Å². The van der Waals surface area contributed by atoms with Crippen molar-refractivity contribution in [3.63, 3.8) is 0 Å². The lowest BCUT2D eigenvalue weighted by atomic mass is 9.94. The molecule has 24 heavy (non-hydrogen) atoms. The van der Waals surface area contributed by atoms with Gasteiger partial charge < -0.3 is 15.0 Å². The summed E-state index contributed by atoms with van der Waals surface area (Å²) in [6.07, 6.45) is 5.94. The summed E-state index contributed by atoms with van der Waals surface area (Å²) in [6, 6.07) is 5.42. The number of nitrogens with zero attached hydrogens (tertiary/aromatic N) is 1. The molecule has 1 rings (SSSR count). The molecule has 0 aliphatic carbocycles. The van der Waals surface area contributed by atoms with Gasteiger partial charge in [-0.25, -0.2) is 4.39 Å². The number of benzene rings is 1. The zero-order valence-corrected chi connectivity index (χ0v) is 15.3. The van der Waals surface area contributed by atoms with E-state index in [0.717, 1.165) is 49.9 Å². The van der Waals surface area contributed by atoms with Gasteiger partial charge in [0.2, 0.25) is 0 Å². The second-order valence-corrected chi connectivity index (χ2v) is 6.40. The van der Waals surface area contributed by atoms with Crippen LogP contribution in [0.3, 0.4) is 0 Å². The SMILES string of the molecule is C=C(NC)N(CCC=O)CCCCCC(C)c1ccc(F)c(C)c1. The molecule has 4 heteroatoms. The van der Waals surface area contributed by atoms with Crippen molar-refractivity contribution in [2.45, 2.75) is 51.9 Å². The average Bonchev–Trinajstić information content (AvgIpc) is 2.58. The topological polar surface area (TPSA) is 32.3 Å². The van der Waals surface area contributed by atoms with Crippen molar-refractivity contribution in [3.8, 4) is 0 Å². The van der Waals surface area contributed by atoms with E-state index in [0.29, 0.717) is 18.9 Å². The summed E-state index contributed by atoms with van der Waals surface area (Å²) in [5, 5.41) is 3.05. The number of hydrogen-bond acceptors (Lipinski definition) is 3. The Balaban J connectivity index is 2.32. The van der Waals surface area contributed by atoms with Crippen molar-refractivity contribution < 1.29 is 9.18 Å². The second-order valence-electron chi connectivity index (χ2n) is 6.40. The van der Waals surface area contributed by atoms with Crippen LogP contribution < -0.4 is 5.32 Å². The molecular formula is C20H31FN2O. The lowest BCUT2D eigenvalue weighted by molar-refractivity contribution is -0.108. The summed E-state index contributed by atoms with van der Waals surface area (Å²) in [5.74, 6) is 1.18. The molecule has 134 valence electrons. The maximum absolute atomic E-state index is 13.3. The minimum atomic E-state index is -0.133. The first-order valence-electron chi connectivity index (χ1n) is 8.80. The zero-order chi connectivity index (χ0) is 17.9. The Kier molecular flexibility index (Phi) is 9.13. The van der Waals surface area contributed by atoms with E-state index in [1.165, 1.54) is 5.56 Å². The van der Waals surface area contributed by atoms with Crippen LogP contribution >= 0.6 is 0 Å². The van der Waals surface area contributed by atoms with E-state index in [2.05, 4.69) is 23.7 Å². The summed E-state index contributed by atoms with van der Waals surface area (Å²) >= 11 is 0. The highest BCUT2D eigenvalue weighted by atomic mass is 19.1. The second kappa shape index (κ2) is 10.8. The van der Waals surface area contributed by atoms with Crippen LogP contribution in [0.25, 0.3) is 0 Å². The third-order valence-corrected chi connectivity index (χ3v) is 4.50. The van der Waals surface area contributed by atoms with Gasteiger partial charge in [0.25, 0.3) is 0 Å². The number of halogens is 1. The van der Waals surface area contributed by atoms with Crippen molar-refractivity contribution in [2.75, 3.05) is 20.1 Å². The summed E-state index contributed by atoms with van der Waals surface area (Å²) < 4.78 is 13.3. The summed E-state index contributed by atoms with van der Waals surface area (Å²) in [6.45, 7) is 9.62. The van der Waals surface area contributed by atoms with Crippen molar-refractivity contribution in [2.24, 2.45) is 0 Å². The van der Waals surface area contributed by atoms with E-state index in [4.69, 9.17) is 0 Å². The van der Waals surface area contributed by atoms with Crippen LogP contribution in [0.2, 0.25) is 0 Å². The molecule has 1 unspecified atom stereocenters. The monoisotopic (exact) mass is 334 g/mol. The maximum Gasteiger partial charge on any atom is 0.126 e. The van der Waals surface area contributed by atoms with Crippen molar-refractivity contribution in [1.29, 1.82) is 0 Å². The molecule has 0 heterocycles. The number of aldehydes is 1. The highest BCUT2D eigenvalue weighted by Crippen LogP contribution is 2.23. The zero-order valence-electron chi connectivity index (χ0n) is 15.3. The van der Waals surface area contributed by atoms with Crippen LogP contribution in [-0.2, 0) is 4.79 Å². The van der Waals surface area contributed by atoms with Crippen molar-refractivity contribution in [1.82, 2.24) is 10.2 Å². The van der Waals surface area contributed by atoms with E-state index in [9.17, 15) is 9.18 Å². The fourth-order valence-corrected chi connectivity index (χ4v) is 2.82. The Morgan fingerprint density at radius 2 is 2.08 bits per heavy atom. The number of carbonyl (C=O) groups excluding carboxylic acids is 1. The smallest absolute Gasteiger partial charge is 0.126 e. The van der Waals surface area contributed by atoms with Crippen molar-refractivity contribution in [3.05, 3.63) is 47.5 Å². The quantitative estimate of drug-likeness (QED) is 0.455. The molecule has 0 bridgehead atoms. The standard InChI is InChI=1S/C20H31FN2O/c1-16(19-10-11-20(21)17(2)15-19)9-6-5-7-12-23(13-8-14-24)18(3)22-4/h10-11,14-16,22H,3,5-9,12-13H2,1-2,4H3. The average molecular weight is 334 g/mol. The predicted octanol–water partition coefficient (Wildman–Crippen LogP) is 4.38. The molecule has 0 spiro atoms. The van der Waals surface area contributed by atoms with Crippen LogP contribution in [0.5, 0.6) is 0 Å². The highest BCUT2D eigenvalue weighted by molar-refractivity contribution is 5.49. The molecule has 1 aromatic rings. The first-order valence-corrected chi connectivity index (χ1v) is 8.80. The first kappa shape index (κ1) is 20.2. The summed E-state index contributed by atoms with van der Waals surface area (Å²) in [7, 11) is 1.85. The van der Waals surface area contributed by atoms with E-state index < -0.39 is 0 Å². The fraction of sp³-hybridized carbons (Fsp3) is 0.550. The van der Waals surface area contributed by atoms with Crippen LogP contribution in [-0.4, -0.2) is 31.3 Å². The van der Waals surface area contributed by atoms with Gasteiger partial charge in [0.1, 0.15) is 12.1 Å². The van der Waals surface area contributed by atoms with Gasteiger partial charge in [0.05, 0.1) is 5.82 Å². The van der Waals surface area contributed by atoms with Crippen LogP contribution in [0, 0.1) is 12.7 Å². The summed E-state index contributed by atoms with van der Waals surface area (Å²) in [4.78, 5) is 12.7. The lowest BCUT2D eigenvalue weighted by Gasteiger charge is -2.25. The van der Waals surface area contributed by atoms with Crippen LogP contribution in [0.15, 0.2) is 30.6 Å². The minimum absolute atomic E-state index is 0.133. The van der Waals surface area contributed by atoms with Crippen LogP contribution in [0.4, 0.5) is 4.39 Å². The molecule has 3 nitrogen and oxygen atoms in total. The number of nitrogens with one attached hydrogen (secondary N) is 1. The van der Waals surface area contributed by atoms with Gasteiger partial charge in [-0.2, -0.15) is 0 Å². The molecule has 0 aromatic heterocycles. The Morgan fingerprint density at radius 1 is 1.33 bits per heavy atom. The first-order chi connectivity index (χ1) is 11.5. The Labute approximate surface area is 145 Å². The van der Waals surface area contributed by atoms with E-state index in [1.54, 1.807) is 6.07 Å². The number of carbonyl (C=O) groups is 1. The Bertz CT molecular complexity index is 530. The number of unbranched alkanes of at least 4 members (excludes halogenated alkanes) is 2. The van der Waals surface area contributed by atoms with Gasteiger partial charge in [0, 0.05) is 26.6 Å². The molecule has 0 fully saturated rings. The largest absolute Gasteiger partial charge is 0.375 e. The molecule has 1 aromatic carbocycles. The molecule has 0 aliphatic rings. The van der Waals surface area contributed by atoms with Gasteiger partial charge in [-0.15, -0.1) is 0 Å². The highest BCUT2D eigenvalue weighted by Gasteiger charge is 2.09. The molecule has 0 saturated carbocycles. The normalized spacial score (nSPS) is 11.8. The van der Waals surface area contributed by atoms with Gasteiger partial charge >= 0.3 is 0 Å². The van der Waals surface area contributed by atoms with E-state index >= 15 is 0 Å². The van der Waals surface area contributed by atoms with Gasteiger partial charge in [0.15, 0.2) is 0 Å². The third kappa shape index (κ3) is 6.73. The van der Waals surface area contributed by atoms with E-state index in [-0.39, 0.29) is 5.82 Å². The molecule has 0 radical (unpaired) electrons.